The molecule has 8 nitrogen and oxygen atoms in total. The Bertz CT molecular complexity index is 891. The highest BCUT2D eigenvalue weighted by atomic mass is 16.4. The Morgan fingerprint density at radius 3 is 2.34 bits per heavy atom. The predicted molar refractivity (Wildman–Crippen MR) is 105 cm³/mol. The molecule has 1 aromatic carbocycles. The first-order valence-electron chi connectivity index (χ1n) is 9.76. The summed E-state index contributed by atoms with van der Waals surface area (Å²) >= 11 is 0. The van der Waals surface area contributed by atoms with Crippen molar-refractivity contribution in [3.8, 4) is 5.69 Å². The highest BCUT2D eigenvalue weighted by molar-refractivity contribution is 5.94. The number of rotatable bonds is 3. The molecule has 2 aromatic rings. The van der Waals surface area contributed by atoms with Crippen LogP contribution in [0.4, 0.5) is 0 Å². The summed E-state index contributed by atoms with van der Waals surface area (Å²) in [7, 11) is 0. The van der Waals surface area contributed by atoms with E-state index in [2.05, 4.69) is 4.98 Å². The van der Waals surface area contributed by atoms with Crippen molar-refractivity contribution in [1.29, 1.82) is 0 Å². The first kappa shape index (κ1) is 19.2. The van der Waals surface area contributed by atoms with E-state index in [0.717, 1.165) is 5.69 Å². The SMILES string of the molecule is CC(=O)N1CC2(CCN(C(=O)c3ccc(-n4ccnc4)cc3)CC2)C[C@H]1C(=O)O. The molecule has 2 aliphatic rings. The van der Waals surface area contributed by atoms with E-state index in [0.29, 0.717) is 44.5 Å². The Balaban J connectivity index is 1.41. The van der Waals surface area contributed by atoms with Crippen molar-refractivity contribution in [2.24, 2.45) is 5.41 Å². The quantitative estimate of drug-likeness (QED) is 0.854. The molecule has 3 heterocycles. The second-order valence-corrected chi connectivity index (χ2v) is 8.01. The van der Waals surface area contributed by atoms with Gasteiger partial charge in [-0.15, -0.1) is 0 Å². The van der Waals surface area contributed by atoms with Crippen LogP contribution in [0.2, 0.25) is 0 Å². The monoisotopic (exact) mass is 396 g/mol. The fraction of sp³-hybridized carbons (Fsp3) is 0.429. The smallest absolute Gasteiger partial charge is 0.326 e. The number of aromatic nitrogens is 2. The molecule has 0 bridgehead atoms. The van der Waals surface area contributed by atoms with Gasteiger partial charge in [-0.05, 0) is 48.9 Å². The van der Waals surface area contributed by atoms with Gasteiger partial charge < -0.3 is 19.5 Å². The van der Waals surface area contributed by atoms with Crippen LogP contribution in [0, 0.1) is 5.41 Å². The molecule has 2 saturated heterocycles. The van der Waals surface area contributed by atoms with Crippen molar-refractivity contribution in [2.75, 3.05) is 19.6 Å². The summed E-state index contributed by atoms with van der Waals surface area (Å²) in [5.41, 5.74) is 1.35. The molecule has 29 heavy (non-hydrogen) atoms. The molecule has 1 N–H and O–H groups in total. The fourth-order valence-corrected chi connectivity index (χ4v) is 4.52. The molecule has 0 unspecified atom stereocenters. The molecule has 1 aromatic heterocycles. The number of imidazole rings is 1. The van der Waals surface area contributed by atoms with E-state index in [9.17, 15) is 19.5 Å². The molecular formula is C21H24N4O4. The Labute approximate surface area is 168 Å². The maximum Gasteiger partial charge on any atom is 0.326 e. The van der Waals surface area contributed by atoms with E-state index in [4.69, 9.17) is 0 Å². The summed E-state index contributed by atoms with van der Waals surface area (Å²) in [4.78, 5) is 43.6. The summed E-state index contributed by atoms with van der Waals surface area (Å²) in [5.74, 6) is -1.17. The summed E-state index contributed by atoms with van der Waals surface area (Å²) in [6.45, 7) is 3.02. The molecular weight excluding hydrogens is 372 g/mol. The lowest BCUT2D eigenvalue weighted by Gasteiger charge is -2.39. The standard InChI is InChI=1S/C21H24N4O4/c1-15(26)25-13-21(12-18(25)20(28)29)6-9-23(10-7-21)19(27)16-2-4-17(5-3-16)24-11-8-22-14-24/h2-5,8,11,14,18H,6-7,9-10,12-13H2,1H3,(H,28,29)/t18-/m0/s1. The van der Waals surface area contributed by atoms with Crippen LogP contribution in [-0.4, -0.2) is 67.9 Å². The number of hydrogen-bond donors (Lipinski definition) is 1. The molecule has 0 aliphatic carbocycles. The van der Waals surface area contributed by atoms with Crippen LogP contribution in [0.1, 0.15) is 36.5 Å². The van der Waals surface area contributed by atoms with E-state index in [-0.39, 0.29) is 17.2 Å². The van der Waals surface area contributed by atoms with Gasteiger partial charge in [-0.25, -0.2) is 9.78 Å². The lowest BCUT2D eigenvalue weighted by Crippen LogP contribution is -2.44. The zero-order valence-corrected chi connectivity index (χ0v) is 16.3. The van der Waals surface area contributed by atoms with Gasteiger partial charge >= 0.3 is 5.97 Å². The molecule has 2 fully saturated rings. The second kappa shape index (κ2) is 7.35. The molecule has 0 radical (unpaired) electrons. The Morgan fingerprint density at radius 2 is 1.83 bits per heavy atom. The number of carboxylic acids is 1. The van der Waals surface area contributed by atoms with Crippen molar-refractivity contribution < 1.29 is 19.5 Å². The maximum atomic E-state index is 12.9. The van der Waals surface area contributed by atoms with E-state index < -0.39 is 12.0 Å². The number of hydrogen-bond acceptors (Lipinski definition) is 4. The van der Waals surface area contributed by atoms with Crippen LogP contribution in [0.3, 0.4) is 0 Å². The Kier molecular flexibility index (Phi) is 4.86. The Hall–Kier alpha value is -3.16. The number of nitrogens with zero attached hydrogens (tertiary/aromatic N) is 4. The van der Waals surface area contributed by atoms with Crippen molar-refractivity contribution in [1.82, 2.24) is 19.4 Å². The normalized spacial score (nSPS) is 20.8. The van der Waals surface area contributed by atoms with Crippen LogP contribution >= 0.6 is 0 Å². The molecule has 1 atom stereocenters. The summed E-state index contributed by atoms with van der Waals surface area (Å²) < 4.78 is 1.87. The van der Waals surface area contributed by atoms with Gasteiger partial charge in [-0.1, -0.05) is 0 Å². The van der Waals surface area contributed by atoms with Crippen molar-refractivity contribution >= 4 is 17.8 Å². The molecule has 4 rings (SSSR count). The number of amides is 2. The number of benzene rings is 1. The number of carboxylic acid groups (broad SMARTS) is 1. The lowest BCUT2D eigenvalue weighted by molar-refractivity contribution is -0.147. The van der Waals surface area contributed by atoms with Gasteiger partial charge in [0.2, 0.25) is 5.91 Å². The first-order chi connectivity index (χ1) is 13.9. The van der Waals surface area contributed by atoms with Gasteiger partial charge in [0, 0.05) is 50.2 Å². The minimum Gasteiger partial charge on any atom is -0.480 e. The van der Waals surface area contributed by atoms with Crippen LogP contribution in [0.5, 0.6) is 0 Å². The van der Waals surface area contributed by atoms with Crippen molar-refractivity contribution in [2.45, 2.75) is 32.2 Å². The second-order valence-electron chi connectivity index (χ2n) is 8.01. The number of likely N-dealkylation sites (tertiary alicyclic amines) is 2. The van der Waals surface area contributed by atoms with E-state index >= 15 is 0 Å². The predicted octanol–water partition coefficient (Wildman–Crippen LogP) is 1.80. The molecule has 0 saturated carbocycles. The minimum atomic E-state index is -0.950. The van der Waals surface area contributed by atoms with Gasteiger partial charge in [0.15, 0.2) is 0 Å². The van der Waals surface area contributed by atoms with Gasteiger partial charge in [0.1, 0.15) is 6.04 Å². The highest BCUT2D eigenvalue weighted by Gasteiger charge is 2.49. The van der Waals surface area contributed by atoms with Crippen LogP contribution in [0.15, 0.2) is 43.0 Å². The van der Waals surface area contributed by atoms with Gasteiger partial charge in [-0.2, -0.15) is 0 Å². The Morgan fingerprint density at radius 1 is 1.14 bits per heavy atom. The number of aliphatic carboxylic acids is 1. The molecule has 2 aliphatic heterocycles. The van der Waals surface area contributed by atoms with Gasteiger partial charge in [0.05, 0.1) is 6.33 Å². The fourth-order valence-electron chi connectivity index (χ4n) is 4.52. The van der Waals surface area contributed by atoms with Gasteiger partial charge in [0.25, 0.3) is 5.91 Å². The summed E-state index contributed by atoms with van der Waals surface area (Å²) in [5, 5.41) is 9.46. The number of carbonyl (C=O) groups excluding carboxylic acids is 2. The average molecular weight is 396 g/mol. The van der Waals surface area contributed by atoms with E-state index in [1.165, 1.54) is 11.8 Å². The largest absolute Gasteiger partial charge is 0.480 e. The highest BCUT2D eigenvalue weighted by Crippen LogP contribution is 2.43. The van der Waals surface area contributed by atoms with E-state index in [1.54, 1.807) is 12.5 Å². The third-order valence-electron chi connectivity index (χ3n) is 6.23. The minimum absolute atomic E-state index is 0.0202. The average Bonchev–Trinajstić information content (AvgIpc) is 3.37. The summed E-state index contributed by atoms with van der Waals surface area (Å²) in [6.07, 6.45) is 7.13. The summed E-state index contributed by atoms with van der Waals surface area (Å²) in [6, 6.07) is 6.65. The lowest BCUT2D eigenvalue weighted by atomic mass is 9.76. The third kappa shape index (κ3) is 3.62. The van der Waals surface area contributed by atoms with Crippen LogP contribution in [0.25, 0.3) is 5.69 Å². The van der Waals surface area contributed by atoms with Crippen molar-refractivity contribution in [3.05, 3.63) is 48.5 Å². The molecule has 1 spiro atoms. The maximum absolute atomic E-state index is 12.9. The molecule has 2 amide bonds. The first-order valence-corrected chi connectivity index (χ1v) is 9.76. The third-order valence-corrected chi connectivity index (χ3v) is 6.23. The van der Waals surface area contributed by atoms with Gasteiger partial charge in [-0.3, -0.25) is 9.59 Å². The van der Waals surface area contributed by atoms with E-state index in [1.807, 2.05) is 39.9 Å². The van der Waals surface area contributed by atoms with Crippen LogP contribution in [-0.2, 0) is 9.59 Å². The molecule has 8 heteroatoms. The van der Waals surface area contributed by atoms with Crippen LogP contribution < -0.4 is 0 Å². The zero-order chi connectivity index (χ0) is 20.6. The zero-order valence-electron chi connectivity index (χ0n) is 16.3. The number of piperidine rings is 1. The number of carbonyl (C=O) groups is 3. The molecule has 152 valence electrons. The van der Waals surface area contributed by atoms with Crippen molar-refractivity contribution in [3.63, 3.8) is 0 Å². The topological polar surface area (TPSA) is 95.7 Å².